The summed E-state index contributed by atoms with van der Waals surface area (Å²) in [6, 6.07) is 0. The molecule has 4 heteroatoms. The van der Waals surface area contributed by atoms with Gasteiger partial charge in [0, 0.05) is 24.7 Å². The number of carbonyl (C=O) groups is 2. The molecule has 0 spiro atoms. The SMILES string of the molecule is CCCC(=O)O[C@H]1CC[C@@]2(C)C(=CC(O)C3C2CC[C@]2(C)C(=O)CCC32)C1. The number of hydrogen-bond donors (Lipinski definition) is 1. The number of rotatable bonds is 3. The molecule has 4 aliphatic rings. The molecule has 0 aromatic carbocycles. The van der Waals surface area contributed by atoms with Crippen LogP contribution in [0.2, 0.25) is 0 Å². The van der Waals surface area contributed by atoms with Gasteiger partial charge in [0.1, 0.15) is 11.9 Å². The van der Waals surface area contributed by atoms with E-state index in [0.29, 0.717) is 30.5 Å². The average molecular weight is 375 g/mol. The molecule has 4 nitrogen and oxygen atoms in total. The predicted molar refractivity (Wildman–Crippen MR) is 103 cm³/mol. The molecular weight excluding hydrogens is 340 g/mol. The summed E-state index contributed by atoms with van der Waals surface area (Å²) in [6.45, 7) is 6.48. The number of Topliss-reactive ketones (excluding diaryl/α,β-unsaturated/α-hetero) is 1. The zero-order valence-electron chi connectivity index (χ0n) is 17.0. The van der Waals surface area contributed by atoms with E-state index in [1.165, 1.54) is 5.57 Å². The molecule has 4 rings (SSSR count). The highest BCUT2D eigenvalue weighted by molar-refractivity contribution is 5.87. The lowest BCUT2D eigenvalue weighted by atomic mass is 9.47. The van der Waals surface area contributed by atoms with E-state index in [9.17, 15) is 14.7 Å². The van der Waals surface area contributed by atoms with Gasteiger partial charge in [-0.15, -0.1) is 0 Å². The standard InChI is InChI=1S/C23H34O4/c1-4-5-20(26)27-15-8-10-22(2)14(12-15)13-18(24)21-16-6-7-19(25)23(16,3)11-9-17(21)22/h13,15-18,21,24H,4-12H2,1-3H3/t15-,16?,17?,18?,21?,22-,23-/m0/s1. The van der Waals surface area contributed by atoms with Crippen molar-refractivity contribution >= 4 is 11.8 Å². The molecule has 3 saturated carbocycles. The monoisotopic (exact) mass is 374 g/mol. The molecule has 0 radical (unpaired) electrons. The molecule has 3 fully saturated rings. The first-order valence-electron chi connectivity index (χ1n) is 10.9. The summed E-state index contributed by atoms with van der Waals surface area (Å²) in [5.41, 5.74) is 1.13. The van der Waals surface area contributed by atoms with Gasteiger partial charge in [-0.3, -0.25) is 9.59 Å². The summed E-state index contributed by atoms with van der Waals surface area (Å²) in [4.78, 5) is 24.4. The highest BCUT2D eigenvalue weighted by atomic mass is 16.5. The van der Waals surface area contributed by atoms with E-state index in [1.54, 1.807) is 0 Å². The molecule has 150 valence electrons. The van der Waals surface area contributed by atoms with Crippen molar-refractivity contribution in [1.82, 2.24) is 0 Å². The predicted octanol–water partition coefficient (Wildman–Crippen LogP) is 4.20. The van der Waals surface area contributed by atoms with Gasteiger partial charge in [0.25, 0.3) is 0 Å². The molecule has 0 bridgehead atoms. The third kappa shape index (κ3) is 2.90. The third-order valence-corrected chi connectivity index (χ3v) is 8.55. The summed E-state index contributed by atoms with van der Waals surface area (Å²) in [5.74, 6) is 1.25. The van der Waals surface area contributed by atoms with Gasteiger partial charge in [-0.1, -0.05) is 32.4 Å². The van der Waals surface area contributed by atoms with Crippen LogP contribution in [0.25, 0.3) is 0 Å². The lowest BCUT2D eigenvalue weighted by Gasteiger charge is -2.58. The molecule has 4 aliphatic carbocycles. The molecule has 27 heavy (non-hydrogen) atoms. The van der Waals surface area contributed by atoms with Gasteiger partial charge in [-0.05, 0) is 61.7 Å². The van der Waals surface area contributed by atoms with E-state index in [4.69, 9.17) is 4.74 Å². The topological polar surface area (TPSA) is 63.6 Å². The summed E-state index contributed by atoms with van der Waals surface area (Å²) >= 11 is 0. The lowest BCUT2D eigenvalue weighted by Crippen LogP contribution is -2.54. The van der Waals surface area contributed by atoms with Crippen LogP contribution in [-0.2, 0) is 14.3 Å². The molecule has 0 heterocycles. The van der Waals surface area contributed by atoms with E-state index < -0.39 is 6.10 Å². The minimum absolute atomic E-state index is 0.0472. The Bertz CT molecular complexity index is 667. The second-order valence-corrected chi connectivity index (χ2v) is 9.91. The van der Waals surface area contributed by atoms with Crippen molar-refractivity contribution in [3.05, 3.63) is 11.6 Å². The van der Waals surface area contributed by atoms with Crippen molar-refractivity contribution in [1.29, 1.82) is 0 Å². The van der Waals surface area contributed by atoms with Gasteiger partial charge in [0.15, 0.2) is 0 Å². The van der Waals surface area contributed by atoms with Crippen molar-refractivity contribution in [2.45, 2.75) is 90.8 Å². The lowest BCUT2D eigenvalue weighted by molar-refractivity contribution is -0.152. The maximum absolute atomic E-state index is 12.5. The number of ether oxygens (including phenoxy) is 1. The zero-order chi connectivity index (χ0) is 19.4. The fourth-order valence-electron chi connectivity index (χ4n) is 6.94. The molecule has 0 aliphatic heterocycles. The van der Waals surface area contributed by atoms with E-state index in [0.717, 1.165) is 44.9 Å². The van der Waals surface area contributed by atoms with Crippen molar-refractivity contribution in [2.24, 2.45) is 28.6 Å². The van der Waals surface area contributed by atoms with E-state index in [2.05, 4.69) is 19.9 Å². The fraction of sp³-hybridized carbons (Fsp3) is 0.826. The molecule has 0 saturated heterocycles. The van der Waals surface area contributed by atoms with Crippen molar-refractivity contribution in [3.8, 4) is 0 Å². The summed E-state index contributed by atoms with van der Waals surface area (Å²) in [7, 11) is 0. The average Bonchev–Trinajstić information content (AvgIpc) is 2.92. The minimum Gasteiger partial charge on any atom is -0.462 e. The first-order chi connectivity index (χ1) is 12.8. The normalized spacial score (nSPS) is 46.1. The fourth-order valence-corrected chi connectivity index (χ4v) is 6.94. The minimum atomic E-state index is -0.473. The number of carbonyl (C=O) groups excluding carboxylic acids is 2. The maximum Gasteiger partial charge on any atom is 0.306 e. The quantitative estimate of drug-likeness (QED) is 0.594. The summed E-state index contributed by atoms with van der Waals surface area (Å²) in [6.07, 6.45) is 9.11. The number of hydrogen-bond acceptors (Lipinski definition) is 4. The molecule has 4 unspecified atom stereocenters. The number of esters is 1. The molecule has 1 N–H and O–H groups in total. The first-order valence-corrected chi connectivity index (χ1v) is 10.9. The van der Waals surface area contributed by atoms with Crippen molar-refractivity contribution < 1.29 is 19.4 Å². The second-order valence-electron chi connectivity index (χ2n) is 9.91. The summed E-state index contributed by atoms with van der Waals surface area (Å²) in [5, 5.41) is 11.1. The van der Waals surface area contributed by atoms with Crippen LogP contribution in [0.15, 0.2) is 11.6 Å². The molecule has 0 aromatic rings. The zero-order valence-corrected chi connectivity index (χ0v) is 17.0. The van der Waals surface area contributed by atoms with Crippen LogP contribution in [0.3, 0.4) is 0 Å². The Balaban J connectivity index is 1.57. The number of ketones is 1. The third-order valence-electron chi connectivity index (χ3n) is 8.55. The number of aliphatic hydroxyl groups excluding tert-OH is 1. The van der Waals surface area contributed by atoms with E-state index in [1.807, 2.05) is 6.92 Å². The Labute approximate surface area is 162 Å². The van der Waals surface area contributed by atoms with Crippen LogP contribution in [-0.4, -0.2) is 29.1 Å². The van der Waals surface area contributed by atoms with Crippen LogP contribution >= 0.6 is 0 Å². The van der Waals surface area contributed by atoms with Crippen LogP contribution in [0.1, 0.15) is 78.6 Å². The van der Waals surface area contributed by atoms with Crippen LogP contribution < -0.4 is 0 Å². The van der Waals surface area contributed by atoms with Gasteiger partial charge in [-0.2, -0.15) is 0 Å². The first kappa shape index (κ1) is 19.2. The molecule has 7 atom stereocenters. The maximum atomic E-state index is 12.5. The molecule has 0 aromatic heterocycles. The van der Waals surface area contributed by atoms with Gasteiger partial charge in [0.05, 0.1) is 6.10 Å². The molecular formula is C23H34O4. The number of aliphatic hydroxyl groups is 1. The smallest absolute Gasteiger partial charge is 0.306 e. The van der Waals surface area contributed by atoms with E-state index in [-0.39, 0.29) is 28.8 Å². The highest BCUT2D eigenvalue weighted by Crippen LogP contribution is 2.64. The Morgan fingerprint density at radius 3 is 2.63 bits per heavy atom. The van der Waals surface area contributed by atoms with Crippen LogP contribution in [0.5, 0.6) is 0 Å². The van der Waals surface area contributed by atoms with Crippen LogP contribution in [0.4, 0.5) is 0 Å². The van der Waals surface area contributed by atoms with E-state index >= 15 is 0 Å². The Morgan fingerprint density at radius 2 is 1.89 bits per heavy atom. The second kappa shape index (κ2) is 6.72. The van der Waals surface area contributed by atoms with Gasteiger partial charge < -0.3 is 9.84 Å². The summed E-state index contributed by atoms with van der Waals surface area (Å²) < 4.78 is 5.69. The van der Waals surface area contributed by atoms with Gasteiger partial charge in [0.2, 0.25) is 0 Å². The van der Waals surface area contributed by atoms with Crippen molar-refractivity contribution in [2.75, 3.05) is 0 Å². The highest BCUT2D eigenvalue weighted by Gasteiger charge is 2.60. The Morgan fingerprint density at radius 1 is 1.19 bits per heavy atom. The van der Waals surface area contributed by atoms with Gasteiger partial charge in [-0.25, -0.2) is 0 Å². The van der Waals surface area contributed by atoms with Crippen molar-refractivity contribution in [3.63, 3.8) is 0 Å². The Hall–Kier alpha value is -1.16. The number of fused-ring (bicyclic) bond motifs is 5. The molecule has 0 amide bonds. The van der Waals surface area contributed by atoms with Crippen LogP contribution in [0, 0.1) is 28.6 Å². The Kier molecular flexibility index (Phi) is 4.77. The largest absolute Gasteiger partial charge is 0.462 e. The van der Waals surface area contributed by atoms with Gasteiger partial charge >= 0.3 is 5.97 Å².